The lowest BCUT2D eigenvalue weighted by molar-refractivity contribution is -0.115. The van der Waals surface area contributed by atoms with Gasteiger partial charge in [-0.05, 0) is 42.3 Å². The van der Waals surface area contributed by atoms with Gasteiger partial charge in [-0.3, -0.25) is 4.79 Å². The number of hydrogen-bond acceptors (Lipinski definition) is 5. The normalized spacial score (nSPS) is 10.6. The Bertz CT molecular complexity index is 1170. The Labute approximate surface area is 183 Å². The number of halogens is 1. The van der Waals surface area contributed by atoms with Crippen LogP contribution in [-0.4, -0.2) is 15.3 Å². The summed E-state index contributed by atoms with van der Waals surface area (Å²) in [7, 11) is 0. The number of para-hydroxylation sites is 1. The van der Waals surface area contributed by atoms with Crippen molar-refractivity contribution >= 4 is 23.1 Å². The number of carbonyl (C=O) groups is 1. The molecular formula is C24H20FN3O2S. The number of ether oxygens (including phenoxy) is 1. The number of aryl methyl sites for hydroxylation is 1. The van der Waals surface area contributed by atoms with E-state index in [0.717, 1.165) is 11.1 Å². The Hall–Kier alpha value is -3.58. The average Bonchev–Trinajstić information content (AvgIpc) is 3.19. The molecule has 1 aromatic heterocycles. The van der Waals surface area contributed by atoms with Crippen LogP contribution < -0.4 is 10.1 Å². The van der Waals surface area contributed by atoms with Gasteiger partial charge in [0.15, 0.2) is 5.82 Å². The van der Waals surface area contributed by atoms with E-state index >= 15 is 0 Å². The Balaban J connectivity index is 1.32. The summed E-state index contributed by atoms with van der Waals surface area (Å²) in [5.74, 6) is 0.573. The van der Waals surface area contributed by atoms with Crippen LogP contribution in [0.15, 0.2) is 72.8 Å². The number of carbonyl (C=O) groups excluding carboxylic acids is 1. The molecule has 31 heavy (non-hydrogen) atoms. The van der Waals surface area contributed by atoms with Crippen molar-refractivity contribution in [2.75, 3.05) is 5.32 Å². The highest BCUT2D eigenvalue weighted by Gasteiger charge is 2.10. The van der Waals surface area contributed by atoms with Crippen LogP contribution in [0.3, 0.4) is 0 Å². The van der Waals surface area contributed by atoms with E-state index < -0.39 is 5.82 Å². The molecule has 5 nitrogen and oxygen atoms in total. The van der Waals surface area contributed by atoms with E-state index in [0.29, 0.717) is 23.2 Å². The first-order chi connectivity index (χ1) is 15.0. The molecule has 0 atom stereocenters. The number of nitrogens with one attached hydrogen (secondary N) is 1. The number of hydrogen-bond donors (Lipinski definition) is 1. The molecule has 0 bridgehead atoms. The molecule has 156 valence electrons. The van der Waals surface area contributed by atoms with Gasteiger partial charge in [0.05, 0.1) is 12.1 Å². The van der Waals surface area contributed by atoms with E-state index in [1.807, 2.05) is 0 Å². The molecule has 7 heteroatoms. The molecule has 3 aromatic carbocycles. The topological polar surface area (TPSA) is 64.1 Å². The minimum absolute atomic E-state index is 0.133. The van der Waals surface area contributed by atoms with Gasteiger partial charge in [-0.2, -0.15) is 9.36 Å². The summed E-state index contributed by atoms with van der Waals surface area (Å²) in [4.78, 5) is 16.6. The summed E-state index contributed by atoms with van der Waals surface area (Å²) >= 11 is 1.20. The molecule has 0 spiro atoms. The second kappa shape index (κ2) is 9.49. The van der Waals surface area contributed by atoms with Crippen molar-refractivity contribution in [3.8, 4) is 10.9 Å². The van der Waals surface area contributed by atoms with Gasteiger partial charge in [-0.15, -0.1) is 0 Å². The predicted octanol–water partition coefficient (Wildman–Crippen LogP) is 5.55. The first-order valence-corrected chi connectivity index (χ1v) is 10.5. The zero-order chi connectivity index (χ0) is 21.6. The highest BCUT2D eigenvalue weighted by atomic mass is 32.1. The van der Waals surface area contributed by atoms with Gasteiger partial charge in [0.2, 0.25) is 5.91 Å². The monoisotopic (exact) mass is 433 g/mol. The van der Waals surface area contributed by atoms with E-state index in [9.17, 15) is 9.18 Å². The summed E-state index contributed by atoms with van der Waals surface area (Å²) in [5, 5.41) is 3.04. The number of nitrogens with zero attached hydrogens (tertiary/aromatic N) is 2. The Morgan fingerprint density at radius 1 is 1.00 bits per heavy atom. The summed E-state index contributed by atoms with van der Waals surface area (Å²) < 4.78 is 23.8. The van der Waals surface area contributed by atoms with E-state index in [1.165, 1.54) is 29.2 Å². The van der Waals surface area contributed by atoms with E-state index in [1.54, 1.807) is 36.4 Å². The average molecular weight is 434 g/mol. The number of rotatable bonds is 7. The molecule has 1 heterocycles. The Morgan fingerprint density at radius 3 is 2.45 bits per heavy atom. The Kier molecular flexibility index (Phi) is 6.33. The second-order valence-corrected chi connectivity index (χ2v) is 7.80. The standard InChI is InChI=1S/C24H20FN3O2S/c1-16-6-8-17(9-7-16)14-22-27-24(31-28-22)30-19-12-10-18(11-13-19)15-23(29)26-21-5-3-2-4-20(21)25/h2-13H,14-15H2,1H3,(H,26,29). The fourth-order valence-electron chi connectivity index (χ4n) is 2.96. The van der Waals surface area contributed by atoms with Crippen LogP contribution in [0.1, 0.15) is 22.5 Å². The molecule has 0 aliphatic rings. The fourth-order valence-corrected chi connectivity index (χ4v) is 3.53. The van der Waals surface area contributed by atoms with Crippen molar-refractivity contribution in [3.05, 3.63) is 101 Å². The van der Waals surface area contributed by atoms with Crippen LogP contribution in [0, 0.1) is 12.7 Å². The van der Waals surface area contributed by atoms with Gasteiger partial charge >= 0.3 is 0 Å². The molecule has 4 aromatic rings. The summed E-state index contributed by atoms with van der Waals surface area (Å²) in [5.41, 5.74) is 3.32. The van der Waals surface area contributed by atoms with Crippen LogP contribution in [0.2, 0.25) is 0 Å². The molecular weight excluding hydrogens is 413 g/mol. The molecule has 1 N–H and O–H groups in total. The first-order valence-electron chi connectivity index (χ1n) is 9.74. The molecule has 0 unspecified atom stereocenters. The van der Waals surface area contributed by atoms with Crippen molar-refractivity contribution in [2.45, 2.75) is 19.8 Å². The predicted molar refractivity (Wildman–Crippen MR) is 119 cm³/mol. The quantitative estimate of drug-likeness (QED) is 0.415. The lowest BCUT2D eigenvalue weighted by atomic mass is 10.1. The van der Waals surface area contributed by atoms with Gasteiger partial charge in [0, 0.05) is 18.0 Å². The number of benzene rings is 3. The SMILES string of the molecule is Cc1ccc(Cc2nsc(Oc3ccc(CC(=O)Nc4ccccc4F)cc3)n2)cc1. The van der Waals surface area contributed by atoms with Gasteiger partial charge in [-0.1, -0.05) is 54.1 Å². The zero-order valence-electron chi connectivity index (χ0n) is 16.8. The fraction of sp³-hybridized carbons (Fsp3) is 0.125. The minimum atomic E-state index is -0.460. The third-order valence-electron chi connectivity index (χ3n) is 4.57. The van der Waals surface area contributed by atoms with Crippen molar-refractivity contribution in [1.29, 1.82) is 0 Å². The maximum Gasteiger partial charge on any atom is 0.298 e. The van der Waals surface area contributed by atoms with Crippen molar-refractivity contribution in [2.24, 2.45) is 0 Å². The van der Waals surface area contributed by atoms with Crippen LogP contribution in [0.4, 0.5) is 10.1 Å². The zero-order valence-corrected chi connectivity index (χ0v) is 17.7. The summed E-state index contributed by atoms with van der Waals surface area (Å²) in [6, 6.07) is 21.5. The van der Waals surface area contributed by atoms with Gasteiger partial charge < -0.3 is 10.1 Å². The maximum absolute atomic E-state index is 13.6. The van der Waals surface area contributed by atoms with Crippen LogP contribution >= 0.6 is 11.5 Å². The second-order valence-electron chi connectivity index (χ2n) is 7.09. The highest BCUT2D eigenvalue weighted by Crippen LogP contribution is 2.24. The number of aromatic nitrogens is 2. The molecule has 0 saturated heterocycles. The molecule has 1 amide bonds. The largest absolute Gasteiger partial charge is 0.430 e. The van der Waals surface area contributed by atoms with Crippen LogP contribution in [-0.2, 0) is 17.6 Å². The smallest absolute Gasteiger partial charge is 0.298 e. The van der Waals surface area contributed by atoms with E-state index in [4.69, 9.17) is 4.74 Å². The highest BCUT2D eigenvalue weighted by molar-refractivity contribution is 7.07. The van der Waals surface area contributed by atoms with Gasteiger partial charge in [0.25, 0.3) is 5.19 Å². The maximum atomic E-state index is 13.6. The van der Waals surface area contributed by atoms with E-state index in [-0.39, 0.29) is 18.0 Å². The molecule has 0 fully saturated rings. The molecule has 0 aliphatic heterocycles. The van der Waals surface area contributed by atoms with Crippen LogP contribution in [0.5, 0.6) is 10.9 Å². The lowest BCUT2D eigenvalue weighted by Gasteiger charge is -2.07. The molecule has 0 saturated carbocycles. The van der Waals surface area contributed by atoms with E-state index in [2.05, 4.69) is 45.9 Å². The van der Waals surface area contributed by atoms with Gasteiger partial charge in [-0.25, -0.2) is 4.39 Å². The molecule has 4 rings (SSSR count). The van der Waals surface area contributed by atoms with Crippen molar-refractivity contribution < 1.29 is 13.9 Å². The summed E-state index contributed by atoms with van der Waals surface area (Å²) in [6.45, 7) is 2.05. The van der Waals surface area contributed by atoms with Gasteiger partial charge in [0.1, 0.15) is 11.6 Å². The lowest BCUT2D eigenvalue weighted by Crippen LogP contribution is -2.15. The molecule has 0 radical (unpaired) electrons. The third kappa shape index (κ3) is 5.73. The first kappa shape index (κ1) is 20.7. The van der Waals surface area contributed by atoms with Crippen LogP contribution in [0.25, 0.3) is 0 Å². The summed E-state index contributed by atoms with van der Waals surface area (Å²) in [6.07, 6.45) is 0.782. The Morgan fingerprint density at radius 2 is 1.71 bits per heavy atom. The number of anilines is 1. The van der Waals surface area contributed by atoms with Crippen molar-refractivity contribution in [3.63, 3.8) is 0 Å². The molecule has 0 aliphatic carbocycles. The number of amides is 1. The third-order valence-corrected chi connectivity index (χ3v) is 5.21. The van der Waals surface area contributed by atoms with Crippen molar-refractivity contribution in [1.82, 2.24) is 9.36 Å². The minimum Gasteiger partial charge on any atom is -0.430 e.